The van der Waals surface area contributed by atoms with Gasteiger partial charge in [0, 0.05) is 34.5 Å². The molecule has 0 saturated carbocycles. The Morgan fingerprint density at radius 3 is 2.02 bits per heavy atom. The highest BCUT2D eigenvalue weighted by Gasteiger charge is 2.48. The van der Waals surface area contributed by atoms with Gasteiger partial charge < -0.3 is 19.3 Å². The molecule has 40 heavy (non-hydrogen) atoms. The third kappa shape index (κ3) is 5.94. The molecule has 0 radical (unpaired) electrons. The largest absolute Gasteiger partial charge is 0.480 e. The number of hydrogen-bond acceptors (Lipinski definition) is 3. The van der Waals surface area contributed by atoms with Crippen molar-refractivity contribution in [3.05, 3.63) is 124 Å². The van der Waals surface area contributed by atoms with Gasteiger partial charge in [0.05, 0.1) is 6.04 Å². The number of carboxylic acid groups (broad SMARTS) is 1. The molecule has 0 spiro atoms. The van der Waals surface area contributed by atoms with Crippen LogP contribution in [0.2, 0.25) is 10.0 Å². The monoisotopic (exact) mass is 576 g/mol. The van der Waals surface area contributed by atoms with E-state index in [-0.39, 0.29) is 5.91 Å². The van der Waals surface area contributed by atoms with Crippen LogP contribution in [-0.4, -0.2) is 38.6 Å². The van der Waals surface area contributed by atoms with Gasteiger partial charge in [-0.15, -0.1) is 0 Å². The summed E-state index contributed by atoms with van der Waals surface area (Å²) in [4.78, 5) is 28.3. The quantitative estimate of drug-likeness (QED) is 0.227. The van der Waals surface area contributed by atoms with Crippen LogP contribution in [0.3, 0.4) is 0 Å². The summed E-state index contributed by atoms with van der Waals surface area (Å²) >= 11 is 12.4. The highest BCUT2D eigenvalue weighted by molar-refractivity contribution is 6.30. The number of halogens is 2. The van der Waals surface area contributed by atoms with Crippen molar-refractivity contribution < 1.29 is 19.4 Å². The average molecular weight is 578 g/mol. The lowest BCUT2D eigenvalue weighted by atomic mass is 9.88. The third-order valence-corrected chi connectivity index (χ3v) is 7.78. The van der Waals surface area contributed by atoms with E-state index < -0.39 is 30.3 Å². The molecule has 4 aromatic rings. The molecule has 0 aliphatic carbocycles. The SMILES string of the molecule is CCC[C@@H](C(=O)O)N1C(=O)[C@@H](Cc2ccc(-n3cccc3)cc2)O[C@H](c2ccc(Cl)cc2)[C@@H]1c1ccc(Cl)cc1. The molecule has 1 fully saturated rings. The van der Waals surface area contributed by atoms with Crippen molar-refractivity contribution in [3.8, 4) is 5.69 Å². The Hall–Kier alpha value is -3.58. The van der Waals surface area contributed by atoms with Crippen molar-refractivity contribution in [1.29, 1.82) is 0 Å². The fourth-order valence-electron chi connectivity index (χ4n) is 5.33. The van der Waals surface area contributed by atoms with E-state index in [1.807, 2.05) is 84.5 Å². The highest BCUT2D eigenvalue weighted by atomic mass is 35.5. The van der Waals surface area contributed by atoms with Crippen molar-refractivity contribution in [2.75, 3.05) is 0 Å². The van der Waals surface area contributed by atoms with E-state index >= 15 is 0 Å². The fourth-order valence-corrected chi connectivity index (χ4v) is 5.58. The summed E-state index contributed by atoms with van der Waals surface area (Å²) < 4.78 is 8.60. The number of hydrogen-bond donors (Lipinski definition) is 1. The predicted octanol–water partition coefficient (Wildman–Crippen LogP) is 7.29. The Morgan fingerprint density at radius 2 is 1.48 bits per heavy atom. The molecule has 1 aromatic heterocycles. The van der Waals surface area contributed by atoms with Crippen LogP contribution in [0.5, 0.6) is 0 Å². The number of aliphatic carboxylic acids is 1. The summed E-state index contributed by atoms with van der Waals surface area (Å²) in [6.07, 6.45) is 3.65. The zero-order chi connectivity index (χ0) is 28.2. The number of benzene rings is 3. The Kier molecular flexibility index (Phi) is 8.60. The molecule has 2 heterocycles. The van der Waals surface area contributed by atoms with Crippen LogP contribution in [0.25, 0.3) is 5.69 Å². The highest BCUT2D eigenvalue weighted by Crippen LogP contribution is 2.44. The number of morpholine rings is 1. The first-order chi connectivity index (χ1) is 19.4. The van der Waals surface area contributed by atoms with E-state index in [9.17, 15) is 14.7 Å². The van der Waals surface area contributed by atoms with Gasteiger partial charge in [-0.2, -0.15) is 0 Å². The lowest BCUT2D eigenvalue weighted by Gasteiger charge is -2.47. The zero-order valence-corrected chi connectivity index (χ0v) is 23.5. The van der Waals surface area contributed by atoms with Gasteiger partial charge in [0.15, 0.2) is 0 Å². The summed E-state index contributed by atoms with van der Waals surface area (Å²) in [5.74, 6) is -1.39. The lowest BCUT2D eigenvalue weighted by Crippen LogP contribution is -2.57. The molecule has 4 atom stereocenters. The van der Waals surface area contributed by atoms with Crippen LogP contribution in [0.4, 0.5) is 0 Å². The Bertz CT molecular complexity index is 1440. The summed E-state index contributed by atoms with van der Waals surface area (Å²) in [5, 5.41) is 11.4. The molecule has 6 nitrogen and oxygen atoms in total. The Balaban J connectivity index is 1.56. The molecule has 8 heteroatoms. The molecule has 1 amide bonds. The molecule has 3 aromatic carbocycles. The van der Waals surface area contributed by atoms with Gasteiger partial charge in [-0.1, -0.05) is 72.9 Å². The van der Waals surface area contributed by atoms with E-state index in [0.717, 1.165) is 22.4 Å². The molecule has 1 aliphatic rings. The van der Waals surface area contributed by atoms with Crippen LogP contribution in [-0.2, 0) is 20.7 Å². The topological polar surface area (TPSA) is 71.8 Å². The maximum atomic E-state index is 14.2. The van der Waals surface area contributed by atoms with Gasteiger partial charge in [-0.3, -0.25) is 4.79 Å². The minimum Gasteiger partial charge on any atom is -0.480 e. The number of carboxylic acids is 1. The first-order valence-corrected chi connectivity index (χ1v) is 14.0. The molecule has 0 unspecified atom stereocenters. The zero-order valence-electron chi connectivity index (χ0n) is 22.0. The van der Waals surface area contributed by atoms with E-state index in [1.54, 1.807) is 24.3 Å². The number of nitrogens with zero attached hydrogens (tertiary/aromatic N) is 2. The van der Waals surface area contributed by atoms with Crippen LogP contribution in [0.1, 0.15) is 48.6 Å². The normalized spacial score (nSPS) is 19.9. The Labute approximate surface area is 243 Å². The predicted molar refractivity (Wildman–Crippen MR) is 156 cm³/mol. The van der Waals surface area contributed by atoms with Crippen molar-refractivity contribution in [2.24, 2.45) is 0 Å². The molecular formula is C32H30Cl2N2O4. The number of amides is 1. The Morgan fingerprint density at radius 1 is 0.900 bits per heavy atom. The van der Waals surface area contributed by atoms with Gasteiger partial charge in [0.25, 0.3) is 5.91 Å². The van der Waals surface area contributed by atoms with Gasteiger partial charge in [0.1, 0.15) is 18.2 Å². The maximum absolute atomic E-state index is 14.2. The summed E-state index contributed by atoms with van der Waals surface area (Å²) in [6, 6.07) is 24.6. The summed E-state index contributed by atoms with van der Waals surface area (Å²) in [5.41, 5.74) is 3.46. The van der Waals surface area contributed by atoms with E-state index in [0.29, 0.717) is 29.3 Å². The van der Waals surface area contributed by atoms with Crippen molar-refractivity contribution in [1.82, 2.24) is 9.47 Å². The third-order valence-electron chi connectivity index (χ3n) is 7.28. The smallest absolute Gasteiger partial charge is 0.326 e. The van der Waals surface area contributed by atoms with Crippen molar-refractivity contribution >= 4 is 35.1 Å². The van der Waals surface area contributed by atoms with Gasteiger partial charge in [-0.25, -0.2) is 4.79 Å². The van der Waals surface area contributed by atoms with Crippen LogP contribution in [0.15, 0.2) is 97.3 Å². The maximum Gasteiger partial charge on any atom is 0.326 e. The van der Waals surface area contributed by atoms with Crippen LogP contribution in [0, 0.1) is 0 Å². The lowest BCUT2D eigenvalue weighted by molar-refractivity contribution is -0.184. The van der Waals surface area contributed by atoms with Gasteiger partial charge in [-0.05, 0) is 71.6 Å². The molecule has 1 N–H and O–H groups in total. The van der Waals surface area contributed by atoms with E-state index in [4.69, 9.17) is 27.9 Å². The molecule has 5 rings (SSSR count). The first kappa shape index (κ1) is 28.0. The van der Waals surface area contributed by atoms with Crippen LogP contribution >= 0.6 is 23.2 Å². The fraction of sp³-hybridized carbons (Fsp3) is 0.250. The molecule has 0 bridgehead atoms. The second-order valence-corrected chi connectivity index (χ2v) is 10.8. The molecule has 206 valence electrons. The van der Waals surface area contributed by atoms with Crippen LogP contribution < -0.4 is 0 Å². The first-order valence-electron chi connectivity index (χ1n) is 13.3. The number of carbonyl (C=O) groups excluding carboxylic acids is 1. The second kappa shape index (κ2) is 12.3. The number of ether oxygens (including phenoxy) is 1. The van der Waals surface area contributed by atoms with Crippen molar-refractivity contribution in [3.63, 3.8) is 0 Å². The van der Waals surface area contributed by atoms with E-state index in [2.05, 4.69) is 0 Å². The number of rotatable bonds is 9. The van der Waals surface area contributed by atoms with Crippen molar-refractivity contribution in [2.45, 2.75) is 50.5 Å². The molecular weight excluding hydrogens is 547 g/mol. The minimum atomic E-state index is -1.04. The molecule has 1 aliphatic heterocycles. The average Bonchev–Trinajstić information content (AvgIpc) is 3.49. The number of aromatic nitrogens is 1. The van der Waals surface area contributed by atoms with Gasteiger partial charge in [0.2, 0.25) is 0 Å². The van der Waals surface area contributed by atoms with Gasteiger partial charge >= 0.3 is 5.97 Å². The summed E-state index contributed by atoms with van der Waals surface area (Å²) in [7, 11) is 0. The minimum absolute atomic E-state index is 0.303. The standard InChI is InChI=1S/C32H30Cl2N2O4/c1-2-5-27(32(38)39)36-29(22-8-12-24(33)13-9-22)30(23-10-14-25(34)15-11-23)40-28(31(36)37)20-21-6-16-26(17-7-21)35-18-3-4-19-35/h3-4,6-19,27-30H,2,5,20H2,1H3,(H,38,39)/t27-,28+,29-,30+/m0/s1. The summed E-state index contributed by atoms with van der Waals surface area (Å²) in [6.45, 7) is 1.92. The molecule has 1 saturated heterocycles. The second-order valence-electron chi connectivity index (χ2n) is 9.94. The number of carbonyl (C=O) groups is 2. The van der Waals surface area contributed by atoms with E-state index in [1.165, 1.54) is 4.90 Å².